The summed E-state index contributed by atoms with van der Waals surface area (Å²) in [6.45, 7) is 2.16. The van der Waals surface area contributed by atoms with Crippen molar-refractivity contribution in [1.82, 2.24) is 4.57 Å². The van der Waals surface area contributed by atoms with Crippen molar-refractivity contribution in [2.75, 3.05) is 4.90 Å². The lowest BCUT2D eigenvalue weighted by Crippen LogP contribution is -2.10. The molecule has 0 atom stereocenters. The molecule has 0 aliphatic carbocycles. The molecule has 2 heterocycles. The van der Waals surface area contributed by atoms with Gasteiger partial charge in [-0.2, -0.15) is 0 Å². The Hall–Kier alpha value is -6.06. The van der Waals surface area contributed by atoms with Crippen molar-refractivity contribution in [2.24, 2.45) is 0 Å². The Labute approximate surface area is 267 Å². The second-order valence-corrected chi connectivity index (χ2v) is 11.9. The van der Waals surface area contributed by atoms with Crippen LogP contribution < -0.4 is 4.90 Å². The minimum atomic E-state index is 0.874. The Morgan fingerprint density at radius 2 is 1.20 bits per heavy atom. The van der Waals surface area contributed by atoms with E-state index in [9.17, 15) is 0 Å². The maximum atomic E-state index is 6.54. The largest absolute Gasteiger partial charge is 0.454 e. The molecule has 2 aromatic heterocycles. The number of aromatic nitrogens is 1. The fourth-order valence-electron chi connectivity index (χ4n) is 6.98. The van der Waals surface area contributed by atoms with E-state index < -0.39 is 0 Å². The van der Waals surface area contributed by atoms with Gasteiger partial charge in [0.1, 0.15) is 5.58 Å². The van der Waals surface area contributed by atoms with Gasteiger partial charge in [0.15, 0.2) is 5.58 Å². The fourth-order valence-corrected chi connectivity index (χ4v) is 6.98. The highest BCUT2D eigenvalue weighted by atomic mass is 16.3. The number of hydrogen-bond donors (Lipinski definition) is 0. The number of para-hydroxylation sites is 5. The lowest BCUT2D eigenvalue weighted by atomic mass is 10.0. The molecule has 0 aliphatic heterocycles. The molecule has 0 fully saturated rings. The molecule has 0 saturated heterocycles. The van der Waals surface area contributed by atoms with Crippen LogP contribution in [0.1, 0.15) is 5.56 Å². The highest BCUT2D eigenvalue weighted by Gasteiger charge is 2.20. The van der Waals surface area contributed by atoms with E-state index >= 15 is 0 Å². The van der Waals surface area contributed by atoms with Gasteiger partial charge in [0.2, 0.25) is 0 Å². The third-order valence-corrected chi connectivity index (χ3v) is 9.03. The maximum absolute atomic E-state index is 6.54. The van der Waals surface area contributed by atoms with Crippen LogP contribution in [0.3, 0.4) is 0 Å². The Morgan fingerprint density at radius 3 is 2.11 bits per heavy atom. The first kappa shape index (κ1) is 26.4. The van der Waals surface area contributed by atoms with Crippen molar-refractivity contribution in [3.8, 4) is 16.8 Å². The number of nitrogens with zero attached hydrogens (tertiary/aromatic N) is 2. The Kier molecular flexibility index (Phi) is 6.04. The second-order valence-electron chi connectivity index (χ2n) is 11.9. The first-order valence-electron chi connectivity index (χ1n) is 15.7. The number of rotatable bonds is 5. The summed E-state index contributed by atoms with van der Waals surface area (Å²) in [5.41, 5.74) is 12.0. The number of furan rings is 1. The van der Waals surface area contributed by atoms with Crippen molar-refractivity contribution in [2.45, 2.75) is 6.92 Å². The van der Waals surface area contributed by atoms with E-state index in [-0.39, 0.29) is 0 Å². The summed E-state index contributed by atoms with van der Waals surface area (Å²) in [6, 6.07) is 58.3. The summed E-state index contributed by atoms with van der Waals surface area (Å²) in [7, 11) is 0. The van der Waals surface area contributed by atoms with E-state index in [0.717, 1.165) is 50.3 Å². The molecule has 0 bridgehead atoms. The summed E-state index contributed by atoms with van der Waals surface area (Å²) in [5, 5.41) is 4.76. The predicted molar refractivity (Wildman–Crippen MR) is 193 cm³/mol. The quantitative estimate of drug-likeness (QED) is 0.199. The topological polar surface area (TPSA) is 21.3 Å². The molecule has 0 amide bonds. The van der Waals surface area contributed by atoms with Crippen molar-refractivity contribution >= 4 is 60.8 Å². The molecular weight excluding hydrogens is 560 g/mol. The van der Waals surface area contributed by atoms with Crippen molar-refractivity contribution in [3.63, 3.8) is 0 Å². The van der Waals surface area contributed by atoms with E-state index in [1.807, 2.05) is 12.1 Å². The molecule has 0 aliphatic rings. The van der Waals surface area contributed by atoms with E-state index in [4.69, 9.17) is 4.42 Å². The zero-order valence-corrected chi connectivity index (χ0v) is 25.4. The average molecular weight is 591 g/mol. The van der Waals surface area contributed by atoms with Gasteiger partial charge in [-0.25, -0.2) is 0 Å². The number of anilines is 3. The number of benzene rings is 7. The minimum absolute atomic E-state index is 0.874. The number of hydrogen-bond acceptors (Lipinski definition) is 2. The summed E-state index contributed by atoms with van der Waals surface area (Å²) >= 11 is 0. The Balaban J connectivity index is 1.26. The van der Waals surface area contributed by atoms with Crippen LogP contribution in [0.5, 0.6) is 0 Å². The molecule has 9 aromatic rings. The molecule has 46 heavy (non-hydrogen) atoms. The molecule has 218 valence electrons. The lowest BCUT2D eigenvalue weighted by Gasteiger charge is -2.26. The van der Waals surface area contributed by atoms with E-state index in [1.165, 1.54) is 32.9 Å². The molecule has 0 radical (unpaired) electrons. The van der Waals surface area contributed by atoms with Crippen LogP contribution in [0.25, 0.3) is 60.6 Å². The van der Waals surface area contributed by atoms with Gasteiger partial charge in [-0.05, 0) is 73.2 Å². The van der Waals surface area contributed by atoms with Crippen LogP contribution in [-0.2, 0) is 0 Å². The highest BCUT2D eigenvalue weighted by molar-refractivity contribution is 6.11. The van der Waals surface area contributed by atoms with Gasteiger partial charge >= 0.3 is 0 Å². The normalized spacial score (nSPS) is 11.6. The zero-order valence-electron chi connectivity index (χ0n) is 25.4. The lowest BCUT2D eigenvalue weighted by molar-refractivity contribution is 0.669. The number of fused-ring (bicyclic) bond motifs is 6. The first-order valence-corrected chi connectivity index (χ1v) is 15.7. The molecule has 0 spiro atoms. The molecule has 0 saturated carbocycles. The molecule has 0 unspecified atom stereocenters. The van der Waals surface area contributed by atoms with Crippen LogP contribution in [0.4, 0.5) is 17.1 Å². The zero-order chi connectivity index (χ0) is 30.6. The van der Waals surface area contributed by atoms with Gasteiger partial charge in [-0.1, -0.05) is 109 Å². The summed E-state index contributed by atoms with van der Waals surface area (Å²) in [6.07, 6.45) is 0. The van der Waals surface area contributed by atoms with Crippen LogP contribution in [-0.4, -0.2) is 4.57 Å². The minimum Gasteiger partial charge on any atom is -0.454 e. The second kappa shape index (κ2) is 10.5. The molecule has 0 N–H and O–H groups in total. The van der Waals surface area contributed by atoms with Gasteiger partial charge in [-0.15, -0.1) is 0 Å². The average Bonchev–Trinajstić information content (AvgIpc) is 3.65. The van der Waals surface area contributed by atoms with E-state index in [1.54, 1.807) is 0 Å². The Morgan fingerprint density at radius 1 is 0.500 bits per heavy atom. The van der Waals surface area contributed by atoms with Crippen LogP contribution in [0, 0.1) is 6.92 Å². The van der Waals surface area contributed by atoms with Crippen LogP contribution in [0.2, 0.25) is 0 Å². The van der Waals surface area contributed by atoms with Gasteiger partial charge in [0, 0.05) is 38.5 Å². The summed E-state index contributed by atoms with van der Waals surface area (Å²) < 4.78 is 8.95. The molecule has 9 rings (SSSR count). The fraction of sp³-hybridized carbons (Fsp3) is 0.0233. The van der Waals surface area contributed by atoms with E-state index in [0.29, 0.717) is 0 Å². The Bertz CT molecular complexity index is 2560. The van der Waals surface area contributed by atoms with E-state index in [2.05, 4.69) is 168 Å². The van der Waals surface area contributed by atoms with Gasteiger partial charge in [0.25, 0.3) is 0 Å². The van der Waals surface area contributed by atoms with Crippen LogP contribution in [0.15, 0.2) is 168 Å². The maximum Gasteiger partial charge on any atom is 0.159 e. The van der Waals surface area contributed by atoms with Gasteiger partial charge < -0.3 is 13.9 Å². The summed E-state index contributed by atoms with van der Waals surface area (Å²) in [4.78, 5) is 2.31. The molecule has 3 nitrogen and oxygen atoms in total. The highest BCUT2D eigenvalue weighted by Crippen LogP contribution is 2.43. The van der Waals surface area contributed by atoms with Gasteiger partial charge in [0.05, 0.1) is 22.4 Å². The third-order valence-electron chi connectivity index (χ3n) is 9.03. The SMILES string of the molecule is Cc1ccc2c(c1)c1ccccc1n2-c1ccccc1-c1cccc(N(c2ccccc2)c2cccc3c2oc2ccccc23)c1. The molecule has 7 aromatic carbocycles. The number of aryl methyl sites for hydroxylation is 1. The van der Waals surface area contributed by atoms with Gasteiger partial charge in [-0.3, -0.25) is 0 Å². The third kappa shape index (κ3) is 4.13. The standard InChI is InChI=1S/C43H30N2O/c1-29-25-26-40-37(27-29)34-18-6-9-22-39(34)45(40)38-21-8-5-17-33(38)30-13-11-16-32(28-30)44(31-14-3-2-4-15-31)41-23-12-20-36-35-19-7-10-24-42(35)46-43(36)41/h2-28H,1H3. The summed E-state index contributed by atoms with van der Waals surface area (Å²) in [5.74, 6) is 0. The van der Waals surface area contributed by atoms with Crippen molar-refractivity contribution < 1.29 is 4.42 Å². The first-order chi connectivity index (χ1) is 22.7. The van der Waals surface area contributed by atoms with Crippen LogP contribution >= 0.6 is 0 Å². The smallest absolute Gasteiger partial charge is 0.159 e. The monoisotopic (exact) mass is 590 g/mol. The predicted octanol–water partition coefficient (Wildman–Crippen LogP) is 12.1. The van der Waals surface area contributed by atoms with Crippen molar-refractivity contribution in [1.29, 1.82) is 0 Å². The molecule has 3 heteroatoms. The van der Waals surface area contributed by atoms with Crippen molar-refractivity contribution in [3.05, 3.63) is 169 Å². The molecular formula is C43H30N2O.